The lowest BCUT2D eigenvalue weighted by atomic mass is 10.2. The summed E-state index contributed by atoms with van der Waals surface area (Å²) in [5, 5.41) is 6.86. The predicted molar refractivity (Wildman–Crippen MR) is 116 cm³/mol. The number of hydrogen-bond donors (Lipinski definition) is 3. The van der Waals surface area contributed by atoms with Gasteiger partial charge in [0.1, 0.15) is 5.75 Å². The van der Waals surface area contributed by atoms with Crippen LogP contribution >= 0.6 is 0 Å². The lowest BCUT2D eigenvalue weighted by Gasteiger charge is -2.20. The van der Waals surface area contributed by atoms with Crippen molar-refractivity contribution in [3.8, 4) is 5.75 Å². The summed E-state index contributed by atoms with van der Waals surface area (Å²) in [6.45, 7) is 5.21. The van der Waals surface area contributed by atoms with E-state index >= 15 is 0 Å². The van der Waals surface area contributed by atoms with E-state index in [4.69, 9.17) is 15.5 Å². The van der Waals surface area contributed by atoms with E-state index in [9.17, 15) is 4.79 Å². The number of para-hydroxylation sites is 1. The van der Waals surface area contributed by atoms with Crippen LogP contribution < -0.4 is 26.0 Å². The molecule has 0 spiro atoms. The molecule has 1 aliphatic rings. The molecule has 7 heteroatoms. The zero-order valence-corrected chi connectivity index (χ0v) is 16.8. The number of aliphatic imine (C=N–C) groups is 1. The molecule has 0 aromatic heterocycles. The fourth-order valence-electron chi connectivity index (χ4n) is 3.32. The van der Waals surface area contributed by atoms with Crippen molar-refractivity contribution in [1.82, 2.24) is 10.6 Å². The maximum Gasteiger partial charge on any atom is 0.255 e. The van der Waals surface area contributed by atoms with Crippen molar-refractivity contribution in [2.45, 2.75) is 25.9 Å². The van der Waals surface area contributed by atoms with Crippen LogP contribution in [0.5, 0.6) is 5.75 Å². The highest BCUT2D eigenvalue weighted by Gasteiger charge is 2.23. The quantitative estimate of drug-likeness (QED) is 0.469. The smallest absolute Gasteiger partial charge is 0.255 e. The van der Waals surface area contributed by atoms with Crippen LogP contribution in [-0.4, -0.2) is 44.1 Å². The normalized spacial score (nSPS) is 16.5. The number of primary amides is 1. The van der Waals surface area contributed by atoms with Gasteiger partial charge in [-0.05, 0) is 43.2 Å². The Hall–Kier alpha value is -3.22. The van der Waals surface area contributed by atoms with Crippen LogP contribution in [0.3, 0.4) is 0 Å². The number of nitrogens with zero attached hydrogens (tertiary/aromatic N) is 2. The molecule has 1 unspecified atom stereocenters. The Labute approximate surface area is 172 Å². The third-order valence-corrected chi connectivity index (χ3v) is 4.69. The second-order valence-electron chi connectivity index (χ2n) is 7.01. The second kappa shape index (κ2) is 10.4. The first kappa shape index (κ1) is 20.5. The molecule has 4 N–H and O–H groups in total. The molecule has 3 rings (SSSR count). The fourth-order valence-corrected chi connectivity index (χ4v) is 3.32. The molecular weight excluding hydrogens is 366 g/mol. The van der Waals surface area contributed by atoms with Gasteiger partial charge in [-0.1, -0.05) is 30.3 Å². The molecule has 0 aliphatic carbocycles. The van der Waals surface area contributed by atoms with Crippen LogP contribution in [-0.2, 0) is 11.3 Å². The molecule has 1 saturated heterocycles. The molecule has 1 amide bonds. The van der Waals surface area contributed by atoms with Gasteiger partial charge < -0.3 is 26.0 Å². The Bertz CT molecular complexity index is 825. The molecule has 2 aromatic carbocycles. The van der Waals surface area contributed by atoms with Gasteiger partial charge in [-0.15, -0.1) is 0 Å². The molecule has 2 aromatic rings. The number of nitrogens with two attached hydrogens (primary N) is 1. The summed E-state index contributed by atoms with van der Waals surface area (Å²) < 4.78 is 5.36. The van der Waals surface area contributed by atoms with Gasteiger partial charge in [0.25, 0.3) is 5.91 Å². The summed E-state index contributed by atoms with van der Waals surface area (Å²) in [5.74, 6) is 0.924. The first-order valence-electron chi connectivity index (χ1n) is 9.99. The summed E-state index contributed by atoms with van der Waals surface area (Å²) in [5.41, 5.74) is 7.39. The molecule has 1 heterocycles. The number of ether oxygens (including phenoxy) is 1. The van der Waals surface area contributed by atoms with Crippen LogP contribution in [0, 0.1) is 0 Å². The van der Waals surface area contributed by atoms with Crippen LogP contribution in [0.25, 0.3) is 0 Å². The molecule has 1 aliphatic heterocycles. The minimum absolute atomic E-state index is 0.128. The molecule has 29 heavy (non-hydrogen) atoms. The largest absolute Gasteiger partial charge is 0.484 e. The number of hydrogen-bond acceptors (Lipinski definition) is 4. The van der Waals surface area contributed by atoms with Crippen LogP contribution in [0.1, 0.15) is 18.9 Å². The van der Waals surface area contributed by atoms with Crippen molar-refractivity contribution in [2.75, 3.05) is 31.1 Å². The van der Waals surface area contributed by atoms with E-state index in [1.807, 2.05) is 24.3 Å². The van der Waals surface area contributed by atoms with Gasteiger partial charge in [0.15, 0.2) is 12.6 Å². The summed E-state index contributed by atoms with van der Waals surface area (Å²) in [4.78, 5) is 18.0. The van der Waals surface area contributed by atoms with Gasteiger partial charge in [-0.2, -0.15) is 0 Å². The Morgan fingerprint density at radius 3 is 2.83 bits per heavy atom. The molecule has 0 radical (unpaired) electrons. The topological polar surface area (TPSA) is 92.0 Å². The lowest BCUT2D eigenvalue weighted by Crippen LogP contribution is -2.44. The molecule has 0 bridgehead atoms. The molecule has 154 valence electrons. The first-order chi connectivity index (χ1) is 14.1. The Kier molecular flexibility index (Phi) is 7.33. The maximum atomic E-state index is 10.9. The summed E-state index contributed by atoms with van der Waals surface area (Å²) in [6.07, 6.45) is 1.07. The van der Waals surface area contributed by atoms with Crippen LogP contribution in [0.2, 0.25) is 0 Å². The van der Waals surface area contributed by atoms with Crippen molar-refractivity contribution in [2.24, 2.45) is 10.7 Å². The molecule has 7 nitrogen and oxygen atoms in total. The van der Waals surface area contributed by atoms with E-state index in [0.717, 1.165) is 37.6 Å². The highest BCUT2D eigenvalue weighted by molar-refractivity contribution is 5.80. The highest BCUT2D eigenvalue weighted by atomic mass is 16.5. The average Bonchev–Trinajstić information content (AvgIpc) is 3.20. The monoisotopic (exact) mass is 395 g/mol. The van der Waals surface area contributed by atoms with Gasteiger partial charge in [0.05, 0.1) is 6.54 Å². The number of amides is 1. The van der Waals surface area contributed by atoms with Gasteiger partial charge in [-0.25, -0.2) is 4.99 Å². The number of carbonyl (C=O) groups is 1. The van der Waals surface area contributed by atoms with Gasteiger partial charge in [-0.3, -0.25) is 4.79 Å². The summed E-state index contributed by atoms with van der Waals surface area (Å²) in [6, 6.07) is 18.4. The molecule has 1 atom stereocenters. The van der Waals surface area contributed by atoms with E-state index in [1.54, 1.807) is 6.07 Å². The number of benzene rings is 2. The third-order valence-electron chi connectivity index (χ3n) is 4.69. The van der Waals surface area contributed by atoms with E-state index in [0.29, 0.717) is 18.3 Å². The summed E-state index contributed by atoms with van der Waals surface area (Å²) in [7, 11) is 0. The van der Waals surface area contributed by atoms with E-state index in [1.165, 1.54) is 5.69 Å². The molecule has 1 fully saturated rings. The molecular formula is C22H29N5O2. The van der Waals surface area contributed by atoms with E-state index in [2.05, 4.69) is 46.7 Å². The first-order valence-corrected chi connectivity index (χ1v) is 9.99. The number of anilines is 1. The lowest BCUT2D eigenvalue weighted by molar-refractivity contribution is -0.119. The standard InChI is InChI=1S/C22H29N5O2/c1-2-24-22(25-14-17-7-6-10-20(13-17)29-16-21(23)28)26-18-11-12-27(15-18)19-8-4-3-5-9-19/h3-10,13,18H,2,11-12,14-16H2,1H3,(H2,23,28)(H2,24,25,26). The number of guanidine groups is 1. The van der Waals surface area contributed by atoms with Crippen molar-refractivity contribution in [1.29, 1.82) is 0 Å². The Morgan fingerprint density at radius 2 is 2.07 bits per heavy atom. The number of carbonyl (C=O) groups excluding carboxylic acids is 1. The van der Waals surface area contributed by atoms with E-state index in [-0.39, 0.29) is 6.61 Å². The average molecular weight is 396 g/mol. The Balaban J connectivity index is 1.57. The van der Waals surface area contributed by atoms with E-state index < -0.39 is 5.91 Å². The van der Waals surface area contributed by atoms with Crippen molar-refractivity contribution in [3.63, 3.8) is 0 Å². The van der Waals surface area contributed by atoms with Crippen LogP contribution in [0.15, 0.2) is 59.6 Å². The fraction of sp³-hybridized carbons (Fsp3) is 0.364. The Morgan fingerprint density at radius 1 is 1.24 bits per heavy atom. The SMILES string of the molecule is CCNC(=NCc1cccc(OCC(N)=O)c1)NC1CCN(c2ccccc2)C1. The number of rotatable bonds is 8. The van der Waals surface area contributed by atoms with Crippen molar-refractivity contribution >= 4 is 17.6 Å². The minimum atomic E-state index is -0.492. The van der Waals surface area contributed by atoms with Gasteiger partial charge in [0, 0.05) is 31.4 Å². The van der Waals surface area contributed by atoms with Gasteiger partial charge >= 0.3 is 0 Å². The van der Waals surface area contributed by atoms with Crippen molar-refractivity contribution < 1.29 is 9.53 Å². The third kappa shape index (κ3) is 6.41. The maximum absolute atomic E-state index is 10.9. The second-order valence-corrected chi connectivity index (χ2v) is 7.01. The number of nitrogens with one attached hydrogen (secondary N) is 2. The zero-order chi connectivity index (χ0) is 20.5. The van der Waals surface area contributed by atoms with Gasteiger partial charge in [0.2, 0.25) is 0 Å². The predicted octanol–water partition coefficient (Wildman–Crippen LogP) is 1.88. The molecule has 0 saturated carbocycles. The zero-order valence-electron chi connectivity index (χ0n) is 16.8. The van der Waals surface area contributed by atoms with Crippen molar-refractivity contribution in [3.05, 3.63) is 60.2 Å². The summed E-state index contributed by atoms with van der Waals surface area (Å²) >= 11 is 0. The highest BCUT2D eigenvalue weighted by Crippen LogP contribution is 2.19. The minimum Gasteiger partial charge on any atom is -0.484 e. The van der Waals surface area contributed by atoms with Crippen LogP contribution in [0.4, 0.5) is 5.69 Å².